The Hall–Kier alpha value is -3.53. The number of allylic oxidation sites excluding steroid dienone is 1. The first-order chi connectivity index (χ1) is 20.2. The number of nitrogens with zero attached hydrogens (tertiary/aromatic N) is 5. The number of nitrogens with two attached hydrogens (primary N) is 2. The maximum atomic E-state index is 13.1. The molecule has 10 nitrogen and oxygen atoms in total. The van der Waals surface area contributed by atoms with Gasteiger partial charge in [-0.05, 0) is 56.2 Å². The number of piperidine rings is 2. The number of hydrogen-bond donors (Lipinski definition) is 3. The van der Waals surface area contributed by atoms with Crippen molar-refractivity contribution in [2.24, 2.45) is 17.5 Å². The Morgan fingerprint density at radius 3 is 2.40 bits per heavy atom. The molecule has 3 aliphatic rings. The lowest BCUT2D eigenvalue weighted by Gasteiger charge is -2.38. The molecular formula is C32H51N7O3. The van der Waals surface area contributed by atoms with Gasteiger partial charge in [-0.25, -0.2) is 20.1 Å². The van der Waals surface area contributed by atoms with E-state index in [4.69, 9.17) is 11.6 Å². The lowest BCUT2D eigenvalue weighted by molar-refractivity contribution is 0.0695. The second-order valence-corrected chi connectivity index (χ2v) is 11.3. The van der Waals surface area contributed by atoms with Gasteiger partial charge in [-0.1, -0.05) is 46.2 Å². The van der Waals surface area contributed by atoms with Gasteiger partial charge in [-0.2, -0.15) is 5.10 Å². The molecule has 0 radical (unpaired) electrons. The van der Waals surface area contributed by atoms with Crippen molar-refractivity contribution in [3.05, 3.63) is 59.2 Å². The molecule has 3 unspecified atom stereocenters. The number of benzene rings is 1. The predicted octanol–water partition coefficient (Wildman–Crippen LogP) is 5.51. The largest absolute Gasteiger partial charge is 0.478 e. The van der Waals surface area contributed by atoms with Crippen LogP contribution in [0.3, 0.4) is 0 Å². The third-order valence-electron chi connectivity index (χ3n) is 7.86. The molecule has 2 saturated heterocycles. The van der Waals surface area contributed by atoms with E-state index in [-0.39, 0.29) is 29.3 Å². The van der Waals surface area contributed by atoms with Crippen LogP contribution in [0.2, 0.25) is 0 Å². The molecule has 10 heteroatoms. The summed E-state index contributed by atoms with van der Waals surface area (Å²) in [5.74, 6) is 4.93. The maximum Gasteiger partial charge on any atom is 0.339 e. The maximum absolute atomic E-state index is 13.1. The first-order valence-corrected chi connectivity index (χ1v) is 15.6. The fourth-order valence-corrected chi connectivity index (χ4v) is 5.90. The molecule has 3 heterocycles. The Morgan fingerprint density at radius 1 is 1.10 bits per heavy atom. The summed E-state index contributed by atoms with van der Waals surface area (Å²) in [6, 6.07) is 8.29. The zero-order valence-corrected chi connectivity index (χ0v) is 26.1. The molecule has 3 fully saturated rings. The Balaban J connectivity index is 0.000000910. The number of likely N-dealkylation sites (tertiary alicyclic amines) is 2. The summed E-state index contributed by atoms with van der Waals surface area (Å²) in [6.45, 7) is 11.5. The highest BCUT2D eigenvalue weighted by molar-refractivity contribution is 5.89. The van der Waals surface area contributed by atoms with E-state index >= 15 is 0 Å². The normalized spacial score (nSPS) is 21.9. The van der Waals surface area contributed by atoms with E-state index < -0.39 is 5.97 Å². The van der Waals surface area contributed by atoms with Gasteiger partial charge in [-0.15, -0.1) is 0 Å². The number of rotatable bonds is 6. The highest BCUT2D eigenvalue weighted by Gasteiger charge is 2.45. The SMILES string of the molecule is CC.CCC.CN(N)/C=C(\N)C1CC1c1c(C(=O)O)cnn1-c1cccc(C2CCCN(C(=O)N3CCCCC3)C2)c1. The van der Waals surface area contributed by atoms with E-state index in [9.17, 15) is 14.7 Å². The van der Waals surface area contributed by atoms with E-state index in [0.717, 1.165) is 63.0 Å². The number of aromatic carboxylic acids is 1. The van der Waals surface area contributed by atoms with Gasteiger partial charge in [0.2, 0.25) is 0 Å². The van der Waals surface area contributed by atoms with E-state index in [2.05, 4.69) is 31.1 Å². The van der Waals surface area contributed by atoms with E-state index in [0.29, 0.717) is 17.9 Å². The number of urea groups is 1. The highest BCUT2D eigenvalue weighted by atomic mass is 16.4. The van der Waals surface area contributed by atoms with Gasteiger partial charge < -0.3 is 25.6 Å². The fraction of sp³-hybridized carbons (Fsp3) is 0.594. The average Bonchev–Trinajstić information content (AvgIpc) is 3.68. The molecule has 42 heavy (non-hydrogen) atoms. The average molecular weight is 582 g/mol. The van der Waals surface area contributed by atoms with Crippen LogP contribution in [0.1, 0.15) is 106 Å². The lowest BCUT2D eigenvalue weighted by Crippen LogP contribution is -2.48. The van der Waals surface area contributed by atoms with Crippen molar-refractivity contribution in [2.45, 2.75) is 84.5 Å². The minimum Gasteiger partial charge on any atom is -0.478 e. The molecule has 0 spiro atoms. The van der Waals surface area contributed by atoms with Crippen LogP contribution in [-0.4, -0.2) is 74.9 Å². The fourth-order valence-electron chi connectivity index (χ4n) is 5.90. The molecule has 5 N–H and O–H groups in total. The molecule has 1 aromatic heterocycles. The molecule has 1 aliphatic carbocycles. The van der Waals surface area contributed by atoms with Crippen molar-refractivity contribution in [3.8, 4) is 5.69 Å². The quantitative estimate of drug-likeness (QED) is 0.303. The molecule has 0 bridgehead atoms. The van der Waals surface area contributed by atoms with Crippen LogP contribution in [-0.2, 0) is 0 Å². The van der Waals surface area contributed by atoms with E-state index in [1.807, 2.05) is 35.8 Å². The number of amides is 2. The number of carbonyl (C=O) groups is 2. The van der Waals surface area contributed by atoms with Crippen molar-refractivity contribution in [1.29, 1.82) is 0 Å². The minimum absolute atomic E-state index is 0.0236. The smallest absolute Gasteiger partial charge is 0.339 e. The minimum atomic E-state index is -0.999. The first-order valence-electron chi connectivity index (χ1n) is 15.6. The predicted molar refractivity (Wildman–Crippen MR) is 167 cm³/mol. The third-order valence-corrected chi connectivity index (χ3v) is 7.86. The number of carboxylic acids is 1. The third kappa shape index (κ3) is 8.06. The number of aromatic nitrogens is 2. The van der Waals surface area contributed by atoms with Crippen molar-refractivity contribution >= 4 is 12.0 Å². The second kappa shape index (κ2) is 15.6. The molecule has 2 aromatic rings. The van der Waals surface area contributed by atoms with Gasteiger partial charge in [0.15, 0.2) is 0 Å². The summed E-state index contributed by atoms with van der Waals surface area (Å²) >= 11 is 0. The monoisotopic (exact) mass is 581 g/mol. The molecule has 2 amide bonds. The van der Waals surface area contributed by atoms with Crippen LogP contribution in [0, 0.1) is 5.92 Å². The Bertz CT molecular complexity index is 1200. The number of carboxylic acid groups (broad SMARTS) is 1. The molecule has 5 rings (SSSR count). The number of carbonyl (C=O) groups excluding carboxylic acids is 1. The lowest BCUT2D eigenvalue weighted by atomic mass is 9.90. The van der Waals surface area contributed by atoms with Crippen molar-refractivity contribution in [2.75, 3.05) is 33.2 Å². The summed E-state index contributed by atoms with van der Waals surface area (Å²) in [5.41, 5.74) is 9.69. The summed E-state index contributed by atoms with van der Waals surface area (Å²) in [7, 11) is 1.70. The summed E-state index contributed by atoms with van der Waals surface area (Å²) in [4.78, 5) is 29.2. The Labute approximate surface area is 251 Å². The van der Waals surface area contributed by atoms with Gasteiger partial charge in [-0.3, -0.25) is 0 Å². The zero-order valence-electron chi connectivity index (χ0n) is 26.1. The summed E-state index contributed by atoms with van der Waals surface area (Å²) < 4.78 is 1.75. The van der Waals surface area contributed by atoms with Gasteiger partial charge in [0.1, 0.15) is 5.56 Å². The van der Waals surface area contributed by atoms with Gasteiger partial charge in [0.25, 0.3) is 0 Å². The Morgan fingerprint density at radius 2 is 1.76 bits per heavy atom. The molecular weight excluding hydrogens is 530 g/mol. The van der Waals surface area contributed by atoms with Crippen LogP contribution >= 0.6 is 0 Å². The van der Waals surface area contributed by atoms with Gasteiger partial charge >= 0.3 is 12.0 Å². The molecule has 1 aromatic carbocycles. The van der Waals surface area contributed by atoms with Crippen LogP contribution in [0.5, 0.6) is 0 Å². The second-order valence-electron chi connectivity index (χ2n) is 11.3. The summed E-state index contributed by atoms with van der Waals surface area (Å²) in [6.07, 6.45) is 10.4. The van der Waals surface area contributed by atoms with E-state index in [1.165, 1.54) is 24.0 Å². The van der Waals surface area contributed by atoms with Crippen molar-refractivity contribution in [1.82, 2.24) is 24.6 Å². The topological polar surface area (TPSA) is 134 Å². The zero-order chi connectivity index (χ0) is 30.8. The molecule has 1 saturated carbocycles. The number of hydrogen-bond acceptors (Lipinski definition) is 6. The van der Waals surface area contributed by atoms with Crippen LogP contribution in [0.4, 0.5) is 4.79 Å². The van der Waals surface area contributed by atoms with Crippen molar-refractivity contribution < 1.29 is 14.7 Å². The molecule has 3 atom stereocenters. The molecule has 2 aliphatic heterocycles. The van der Waals surface area contributed by atoms with Gasteiger partial charge in [0, 0.05) is 62.9 Å². The standard InChI is InChI=1S/C27H37N7O3.C3H8.C2H6/c1-31(29)17-24(28)21-14-22(21)25-23(26(35)36)15-30-34(25)20-9-5-7-18(13-20)19-8-6-12-33(16-19)27(37)32-10-3-2-4-11-32;1-3-2;1-2/h5,7,9,13,15,17,19,21-22H,2-4,6,8,10-12,14,16,28-29H2,1H3,(H,35,36);3H2,1-2H3;1-2H3/b24-17-;;. The highest BCUT2D eigenvalue weighted by Crippen LogP contribution is 2.51. The van der Waals surface area contributed by atoms with Gasteiger partial charge in [0.05, 0.1) is 17.6 Å². The number of hydrazine groups is 1. The van der Waals surface area contributed by atoms with Crippen molar-refractivity contribution in [3.63, 3.8) is 0 Å². The molecule has 232 valence electrons. The van der Waals surface area contributed by atoms with E-state index in [1.54, 1.807) is 17.9 Å². The summed E-state index contributed by atoms with van der Waals surface area (Å²) in [5, 5.41) is 15.7. The van der Waals surface area contributed by atoms with Crippen LogP contribution < -0.4 is 11.6 Å². The van der Waals surface area contributed by atoms with Crippen LogP contribution in [0.25, 0.3) is 5.69 Å². The Kier molecular flexibility index (Phi) is 12.3. The van der Waals surface area contributed by atoms with Crippen LogP contribution in [0.15, 0.2) is 42.4 Å². The first kappa shape index (κ1) is 33.0.